The second-order valence-electron chi connectivity index (χ2n) is 6.50. The van der Waals surface area contributed by atoms with Crippen LogP contribution in [-0.2, 0) is 14.3 Å². The van der Waals surface area contributed by atoms with Crippen molar-refractivity contribution >= 4 is 19.8 Å². The van der Waals surface area contributed by atoms with E-state index in [0.717, 1.165) is 19.3 Å². The molecule has 0 aromatic carbocycles. The smallest absolute Gasteiger partial charge is 0.334 e. The first-order valence-corrected chi connectivity index (χ1v) is 11.1. The van der Waals surface area contributed by atoms with Gasteiger partial charge in [0.25, 0.3) is 0 Å². The fourth-order valence-electron chi connectivity index (χ4n) is 1.97. The molecule has 112 valence electrons. The second-order valence-corrected chi connectivity index (χ2v) is 12.0. The summed E-state index contributed by atoms with van der Waals surface area (Å²) in [5.74, 6) is -0.276. The number of allylic oxidation sites excluding steroid dienone is 3. The topological polar surface area (TPSA) is 43.4 Å². The molecule has 0 unspecified atom stereocenters. The summed E-state index contributed by atoms with van der Waals surface area (Å²) in [7, 11) is -0.984. The Kier molecular flexibility index (Phi) is 6.92. The minimum Gasteiger partial charge on any atom is -0.462 e. The van der Waals surface area contributed by atoms with Gasteiger partial charge < -0.3 is 4.74 Å². The average Bonchev–Trinajstić information content (AvgIpc) is 2.36. The largest absolute Gasteiger partial charge is 0.462 e. The van der Waals surface area contributed by atoms with Gasteiger partial charge in [-0.25, -0.2) is 4.79 Å². The fraction of sp³-hybridized carbons (Fsp3) is 0.625. The average molecular weight is 294 g/mol. The zero-order chi connectivity index (χ0) is 15.0. The van der Waals surface area contributed by atoms with Crippen LogP contribution < -0.4 is 0 Å². The Morgan fingerprint density at radius 2 is 2.05 bits per heavy atom. The number of carbonyl (C=O) groups excluding carboxylic acids is 2. The van der Waals surface area contributed by atoms with E-state index < -0.39 is 8.07 Å². The number of ether oxygens (including phenoxy) is 1. The summed E-state index contributed by atoms with van der Waals surface area (Å²) in [6, 6.07) is 1.20. The van der Waals surface area contributed by atoms with Gasteiger partial charge in [0, 0.05) is 20.1 Å². The molecule has 0 N–H and O–H groups in total. The summed E-state index contributed by atoms with van der Waals surface area (Å²) in [5, 5.41) is 0. The SMILES string of the molecule is C[Si](C)(C)C/C=C/CCCOC(=O)C1=CC(=O)CCC1. The van der Waals surface area contributed by atoms with E-state index in [2.05, 4.69) is 31.8 Å². The Bertz CT molecular complexity index is 402. The van der Waals surface area contributed by atoms with Crippen LogP contribution in [0.2, 0.25) is 25.7 Å². The Morgan fingerprint density at radius 1 is 1.30 bits per heavy atom. The molecule has 0 fully saturated rings. The number of hydrogen-bond donors (Lipinski definition) is 0. The molecule has 0 amide bonds. The van der Waals surface area contributed by atoms with E-state index in [0.29, 0.717) is 25.0 Å². The number of unbranched alkanes of at least 4 members (excludes halogenated alkanes) is 1. The Morgan fingerprint density at radius 3 is 2.70 bits per heavy atom. The maximum absolute atomic E-state index is 11.7. The van der Waals surface area contributed by atoms with E-state index in [-0.39, 0.29) is 11.8 Å². The highest BCUT2D eigenvalue weighted by Crippen LogP contribution is 2.16. The van der Waals surface area contributed by atoms with Crippen LogP contribution >= 0.6 is 0 Å². The summed E-state index contributed by atoms with van der Waals surface area (Å²) >= 11 is 0. The molecule has 0 aliphatic heterocycles. The third kappa shape index (κ3) is 7.43. The van der Waals surface area contributed by atoms with Gasteiger partial charge in [0.1, 0.15) is 0 Å². The lowest BCUT2D eigenvalue weighted by atomic mass is 9.99. The molecule has 0 spiro atoms. The summed E-state index contributed by atoms with van der Waals surface area (Å²) in [6.07, 6.45) is 9.63. The van der Waals surface area contributed by atoms with Gasteiger partial charge in [-0.05, 0) is 37.8 Å². The van der Waals surface area contributed by atoms with Gasteiger partial charge in [-0.3, -0.25) is 4.79 Å². The van der Waals surface area contributed by atoms with Crippen LogP contribution in [0.3, 0.4) is 0 Å². The molecule has 1 aliphatic carbocycles. The molecule has 0 radical (unpaired) electrons. The lowest BCUT2D eigenvalue weighted by molar-refractivity contribution is -0.139. The van der Waals surface area contributed by atoms with E-state index >= 15 is 0 Å². The predicted molar refractivity (Wildman–Crippen MR) is 84.4 cm³/mol. The summed E-state index contributed by atoms with van der Waals surface area (Å²) < 4.78 is 5.19. The van der Waals surface area contributed by atoms with Crippen molar-refractivity contribution < 1.29 is 14.3 Å². The lowest BCUT2D eigenvalue weighted by Crippen LogP contribution is -2.17. The fourth-order valence-corrected chi connectivity index (χ4v) is 2.84. The van der Waals surface area contributed by atoms with Crippen molar-refractivity contribution in [2.24, 2.45) is 0 Å². The van der Waals surface area contributed by atoms with Crippen molar-refractivity contribution in [3.8, 4) is 0 Å². The van der Waals surface area contributed by atoms with Gasteiger partial charge in [0.05, 0.1) is 6.61 Å². The number of esters is 1. The summed E-state index contributed by atoms with van der Waals surface area (Å²) in [4.78, 5) is 22.9. The molecule has 4 heteroatoms. The summed E-state index contributed by atoms with van der Waals surface area (Å²) in [6.45, 7) is 7.47. The Labute approximate surface area is 123 Å². The molecule has 1 rings (SSSR count). The highest BCUT2D eigenvalue weighted by atomic mass is 28.3. The van der Waals surface area contributed by atoms with Gasteiger partial charge >= 0.3 is 5.97 Å². The Hall–Kier alpha value is -1.16. The van der Waals surface area contributed by atoms with Gasteiger partial charge in [-0.15, -0.1) is 0 Å². The van der Waals surface area contributed by atoms with Crippen LogP contribution in [0, 0.1) is 0 Å². The quantitative estimate of drug-likeness (QED) is 0.310. The molecule has 0 heterocycles. The molecular weight excluding hydrogens is 268 g/mol. The van der Waals surface area contributed by atoms with E-state index in [9.17, 15) is 9.59 Å². The van der Waals surface area contributed by atoms with E-state index in [1.54, 1.807) is 0 Å². The first-order valence-electron chi connectivity index (χ1n) is 7.44. The van der Waals surface area contributed by atoms with Crippen molar-refractivity contribution in [3.63, 3.8) is 0 Å². The van der Waals surface area contributed by atoms with Crippen molar-refractivity contribution in [3.05, 3.63) is 23.8 Å². The van der Waals surface area contributed by atoms with Crippen LogP contribution in [0.25, 0.3) is 0 Å². The molecule has 3 nitrogen and oxygen atoms in total. The van der Waals surface area contributed by atoms with Crippen molar-refractivity contribution in [2.75, 3.05) is 6.61 Å². The molecule has 0 saturated heterocycles. The highest BCUT2D eigenvalue weighted by molar-refractivity contribution is 6.76. The van der Waals surface area contributed by atoms with E-state index in [1.807, 2.05) is 0 Å². The highest BCUT2D eigenvalue weighted by Gasteiger charge is 2.17. The maximum atomic E-state index is 11.7. The van der Waals surface area contributed by atoms with Crippen LogP contribution in [0.5, 0.6) is 0 Å². The molecule has 0 bridgehead atoms. The number of ketones is 1. The Balaban J connectivity index is 2.15. The van der Waals surface area contributed by atoms with Crippen LogP contribution in [0.4, 0.5) is 0 Å². The van der Waals surface area contributed by atoms with Crippen LogP contribution in [0.15, 0.2) is 23.8 Å². The minimum atomic E-state index is -0.984. The second kappa shape index (κ2) is 8.20. The first kappa shape index (κ1) is 16.9. The minimum absolute atomic E-state index is 0.0393. The van der Waals surface area contributed by atoms with Gasteiger partial charge in [-0.1, -0.05) is 31.8 Å². The van der Waals surface area contributed by atoms with Crippen molar-refractivity contribution in [1.29, 1.82) is 0 Å². The molecule has 20 heavy (non-hydrogen) atoms. The molecule has 0 aromatic rings. The normalized spacial score (nSPS) is 16.4. The first-order chi connectivity index (χ1) is 9.38. The van der Waals surface area contributed by atoms with Gasteiger partial charge in [0.15, 0.2) is 5.78 Å². The summed E-state index contributed by atoms with van der Waals surface area (Å²) in [5.41, 5.74) is 0.538. The molecule has 0 aromatic heterocycles. The van der Waals surface area contributed by atoms with E-state index in [1.165, 1.54) is 12.1 Å². The molecular formula is C16H26O3Si. The number of carbonyl (C=O) groups is 2. The predicted octanol–water partition coefficient (Wildman–Crippen LogP) is 3.88. The molecule has 1 aliphatic rings. The lowest BCUT2D eigenvalue weighted by Gasteiger charge is -2.12. The number of rotatable bonds is 7. The number of hydrogen-bond acceptors (Lipinski definition) is 3. The zero-order valence-electron chi connectivity index (χ0n) is 12.9. The van der Waals surface area contributed by atoms with Crippen molar-refractivity contribution in [2.45, 2.75) is 57.8 Å². The van der Waals surface area contributed by atoms with Crippen LogP contribution in [-0.4, -0.2) is 26.4 Å². The third-order valence-corrected chi connectivity index (χ3v) is 4.57. The maximum Gasteiger partial charge on any atom is 0.334 e. The monoisotopic (exact) mass is 294 g/mol. The third-order valence-electron chi connectivity index (χ3n) is 3.11. The van der Waals surface area contributed by atoms with Gasteiger partial charge in [0.2, 0.25) is 0 Å². The van der Waals surface area contributed by atoms with E-state index in [4.69, 9.17) is 4.74 Å². The van der Waals surface area contributed by atoms with Crippen molar-refractivity contribution in [1.82, 2.24) is 0 Å². The molecule has 0 atom stereocenters. The van der Waals surface area contributed by atoms with Gasteiger partial charge in [-0.2, -0.15) is 0 Å². The standard InChI is InChI=1S/C16H26O3Si/c1-20(2,3)12-7-5-4-6-11-19-16(18)14-9-8-10-15(17)13-14/h5,7,13H,4,6,8-12H2,1-3H3/b7-5+. The zero-order valence-corrected chi connectivity index (χ0v) is 13.9. The van der Waals surface area contributed by atoms with Crippen LogP contribution in [0.1, 0.15) is 32.1 Å². The molecule has 0 saturated carbocycles.